The van der Waals surface area contributed by atoms with Gasteiger partial charge in [0.05, 0.1) is 28.8 Å². The highest BCUT2D eigenvalue weighted by Crippen LogP contribution is 2.24. The summed E-state index contributed by atoms with van der Waals surface area (Å²) in [6.07, 6.45) is 2.49. The summed E-state index contributed by atoms with van der Waals surface area (Å²) in [6.45, 7) is 0. The fourth-order valence-electron chi connectivity index (χ4n) is 2.17. The van der Waals surface area contributed by atoms with E-state index < -0.39 is 29.2 Å². The molecular formula is C18H11F4N3O. The Morgan fingerprint density at radius 1 is 0.846 bits per heavy atom. The summed E-state index contributed by atoms with van der Waals surface area (Å²) in [6, 6.07) is 8.71. The molecule has 0 atom stereocenters. The average Bonchev–Trinajstić information content (AvgIpc) is 2.64. The second-order valence-electron chi connectivity index (χ2n) is 5.24. The zero-order valence-electron chi connectivity index (χ0n) is 13.1. The Labute approximate surface area is 145 Å². The fraction of sp³-hybridized carbons (Fsp3) is 0. The highest BCUT2D eigenvalue weighted by Gasteiger charge is 2.15. The Morgan fingerprint density at radius 3 is 2.38 bits per heavy atom. The van der Waals surface area contributed by atoms with Crippen LogP contribution in [-0.2, 0) is 0 Å². The van der Waals surface area contributed by atoms with Gasteiger partial charge in [-0.1, -0.05) is 12.1 Å². The standard InChI is InChI=1S/C18H11F4N3O/c19-12-3-1-2-4-14(12)25-18(26)10-7-11(9-23-8-10)24-15-6-5-13(20)16(21)17(15)22/h1-9,24H,(H,25,26). The quantitative estimate of drug-likeness (QED) is 0.526. The summed E-state index contributed by atoms with van der Waals surface area (Å²) >= 11 is 0. The van der Waals surface area contributed by atoms with Crippen molar-refractivity contribution < 1.29 is 22.4 Å². The number of rotatable bonds is 4. The molecule has 1 heterocycles. The van der Waals surface area contributed by atoms with Gasteiger partial charge < -0.3 is 10.6 Å². The number of nitrogens with one attached hydrogen (secondary N) is 2. The van der Waals surface area contributed by atoms with E-state index in [9.17, 15) is 22.4 Å². The predicted molar refractivity (Wildman–Crippen MR) is 88.2 cm³/mol. The van der Waals surface area contributed by atoms with Gasteiger partial charge in [-0.25, -0.2) is 17.6 Å². The summed E-state index contributed by atoms with van der Waals surface area (Å²) in [4.78, 5) is 16.0. The summed E-state index contributed by atoms with van der Waals surface area (Å²) in [5.41, 5.74) is -0.114. The molecule has 0 saturated carbocycles. The molecule has 0 aliphatic heterocycles. The first kappa shape index (κ1) is 17.4. The molecular weight excluding hydrogens is 350 g/mol. The van der Waals surface area contributed by atoms with E-state index in [2.05, 4.69) is 15.6 Å². The average molecular weight is 361 g/mol. The Morgan fingerprint density at radius 2 is 1.62 bits per heavy atom. The van der Waals surface area contributed by atoms with Gasteiger partial charge in [0.1, 0.15) is 5.82 Å². The van der Waals surface area contributed by atoms with Gasteiger partial charge in [-0.05, 0) is 30.3 Å². The number of para-hydroxylation sites is 1. The van der Waals surface area contributed by atoms with Crippen LogP contribution in [-0.4, -0.2) is 10.9 Å². The van der Waals surface area contributed by atoms with Crippen molar-refractivity contribution in [3.05, 3.63) is 83.7 Å². The van der Waals surface area contributed by atoms with Gasteiger partial charge in [-0.3, -0.25) is 9.78 Å². The van der Waals surface area contributed by atoms with Gasteiger partial charge in [0, 0.05) is 6.20 Å². The van der Waals surface area contributed by atoms with Gasteiger partial charge in [0.15, 0.2) is 17.5 Å². The number of amides is 1. The number of anilines is 3. The monoisotopic (exact) mass is 361 g/mol. The Kier molecular flexibility index (Phi) is 4.83. The number of nitrogens with zero attached hydrogens (tertiary/aromatic N) is 1. The van der Waals surface area contributed by atoms with Crippen molar-refractivity contribution in [2.75, 3.05) is 10.6 Å². The van der Waals surface area contributed by atoms with E-state index in [1.54, 1.807) is 6.07 Å². The predicted octanol–water partition coefficient (Wildman–Crippen LogP) is 4.63. The lowest BCUT2D eigenvalue weighted by Crippen LogP contribution is -2.13. The lowest BCUT2D eigenvalue weighted by Gasteiger charge is -2.10. The van der Waals surface area contributed by atoms with E-state index in [1.807, 2.05) is 0 Å². The summed E-state index contributed by atoms with van der Waals surface area (Å²) in [7, 11) is 0. The number of pyridine rings is 1. The second kappa shape index (κ2) is 7.22. The van der Waals surface area contributed by atoms with E-state index >= 15 is 0 Å². The van der Waals surface area contributed by atoms with Crippen molar-refractivity contribution in [3.8, 4) is 0 Å². The highest BCUT2D eigenvalue weighted by atomic mass is 19.2. The molecule has 1 aromatic heterocycles. The normalized spacial score (nSPS) is 10.5. The Balaban J connectivity index is 1.81. The van der Waals surface area contributed by atoms with Gasteiger partial charge in [-0.2, -0.15) is 0 Å². The van der Waals surface area contributed by atoms with E-state index in [1.165, 1.54) is 36.7 Å². The second-order valence-corrected chi connectivity index (χ2v) is 5.24. The molecule has 0 saturated heterocycles. The third kappa shape index (κ3) is 3.64. The number of hydrogen-bond donors (Lipinski definition) is 2. The van der Waals surface area contributed by atoms with E-state index in [-0.39, 0.29) is 22.6 Å². The van der Waals surface area contributed by atoms with Crippen LogP contribution in [0.15, 0.2) is 54.9 Å². The zero-order valence-corrected chi connectivity index (χ0v) is 13.1. The van der Waals surface area contributed by atoms with Gasteiger partial charge >= 0.3 is 0 Å². The summed E-state index contributed by atoms with van der Waals surface area (Å²) < 4.78 is 53.6. The number of aromatic nitrogens is 1. The first-order valence-electron chi connectivity index (χ1n) is 7.37. The van der Waals surface area contributed by atoms with Crippen LogP contribution < -0.4 is 10.6 Å². The molecule has 26 heavy (non-hydrogen) atoms. The maximum Gasteiger partial charge on any atom is 0.257 e. The van der Waals surface area contributed by atoms with Crippen LogP contribution >= 0.6 is 0 Å². The van der Waals surface area contributed by atoms with Crippen LogP contribution in [0.3, 0.4) is 0 Å². The van der Waals surface area contributed by atoms with Gasteiger partial charge in [0.2, 0.25) is 0 Å². The van der Waals surface area contributed by atoms with Crippen molar-refractivity contribution in [2.45, 2.75) is 0 Å². The molecule has 2 N–H and O–H groups in total. The van der Waals surface area contributed by atoms with Gasteiger partial charge in [-0.15, -0.1) is 0 Å². The van der Waals surface area contributed by atoms with Crippen molar-refractivity contribution in [1.82, 2.24) is 4.98 Å². The lowest BCUT2D eigenvalue weighted by molar-refractivity contribution is 0.102. The van der Waals surface area contributed by atoms with Crippen LogP contribution in [0.5, 0.6) is 0 Å². The Hall–Kier alpha value is -3.42. The van der Waals surface area contributed by atoms with Crippen LogP contribution in [0.4, 0.5) is 34.6 Å². The molecule has 132 valence electrons. The first-order valence-corrected chi connectivity index (χ1v) is 7.37. The lowest BCUT2D eigenvalue weighted by atomic mass is 10.2. The van der Waals surface area contributed by atoms with Gasteiger partial charge in [0.25, 0.3) is 5.91 Å². The molecule has 4 nitrogen and oxygen atoms in total. The molecule has 2 aromatic carbocycles. The molecule has 8 heteroatoms. The molecule has 0 aliphatic rings. The molecule has 1 amide bonds. The molecule has 0 fully saturated rings. The third-order valence-electron chi connectivity index (χ3n) is 3.44. The topological polar surface area (TPSA) is 54.0 Å². The minimum Gasteiger partial charge on any atom is -0.352 e. The van der Waals surface area contributed by atoms with E-state index in [0.717, 1.165) is 12.1 Å². The van der Waals surface area contributed by atoms with Crippen LogP contribution in [0.25, 0.3) is 0 Å². The molecule has 0 bridgehead atoms. The summed E-state index contributed by atoms with van der Waals surface area (Å²) in [5, 5.41) is 4.89. The largest absolute Gasteiger partial charge is 0.352 e. The van der Waals surface area contributed by atoms with Crippen LogP contribution in [0.2, 0.25) is 0 Å². The maximum atomic E-state index is 13.7. The number of carbonyl (C=O) groups is 1. The van der Waals surface area contributed by atoms with Crippen LogP contribution in [0, 0.1) is 23.3 Å². The van der Waals surface area contributed by atoms with Crippen molar-refractivity contribution in [1.29, 1.82) is 0 Å². The summed E-state index contributed by atoms with van der Waals surface area (Å²) in [5.74, 6) is -5.57. The molecule has 3 aromatic rings. The smallest absolute Gasteiger partial charge is 0.257 e. The molecule has 0 radical (unpaired) electrons. The number of benzene rings is 2. The molecule has 0 aliphatic carbocycles. The maximum absolute atomic E-state index is 13.7. The fourth-order valence-corrected chi connectivity index (χ4v) is 2.17. The van der Waals surface area contributed by atoms with Crippen molar-refractivity contribution >= 4 is 23.0 Å². The zero-order chi connectivity index (χ0) is 18.7. The first-order chi connectivity index (χ1) is 12.5. The minimum absolute atomic E-state index is 0.0116. The third-order valence-corrected chi connectivity index (χ3v) is 3.44. The van der Waals surface area contributed by atoms with Crippen LogP contribution in [0.1, 0.15) is 10.4 Å². The Bertz CT molecular complexity index is 978. The van der Waals surface area contributed by atoms with Crippen molar-refractivity contribution in [3.63, 3.8) is 0 Å². The molecule has 0 unspecified atom stereocenters. The highest BCUT2D eigenvalue weighted by molar-refractivity contribution is 6.04. The number of hydrogen-bond acceptors (Lipinski definition) is 3. The van der Waals surface area contributed by atoms with Crippen molar-refractivity contribution in [2.24, 2.45) is 0 Å². The number of carbonyl (C=O) groups excluding carboxylic acids is 1. The van der Waals surface area contributed by atoms with E-state index in [0.29, 0.717) is 0 Å². The molecule has 3 rings (SSSR count). The molecule has 0 spiro atoms. The number of halogens is 4. The SMILES string of the molecule is O=C(Nc1ccccc1F)c1cncc(Nc2ccc(F)c(F)c2F)c1. The minimum atomic E-state index is -1.61. The van der Waals surface area contributed by atoms with E-state index in [4.69, 9.17) is 0 Å².